The number of rotatable bonds is 3. The molecule has 3 aliphatic carbocycles. The molecule has 1 aromatic carbocycles. The minimum atomic E-state index is -0.317. The maximum Gasteiger partial charge on any atom is 0.338 e. The van der Waals surface area contributed by atoms with Crippen LogP contribution in [0, 0.1) is 23.7 Å². The minimum Gasteiger partial charge on any atom is -0.459 e. The van der Waals surface area contributed by atoms with Gasteiger partial charge < -0.3 is 4.74 Å². The van der Waals surface area contributed by atoms with Crippen LogP contribution in [-0.4, -0.2) is 23.9 Å². The average Bonchev–Trinajstić information content (AvgIpc) is 3.37. The number of hydrogen-bond acceptors (Lipinski definition) is 4. The van der Waals surface area contributed by atoms with E-state index in [1.54, 1.807) is 24.3 Å². The molecule has 4 aliphatic rings. The van der Waals surface area contributed by atoms with Gasteiger partial charge in [-0.05, 0) is 81.0 Å². The molecule has 0 spiro atoms. The Morgan fingerprint density at radius 2 is 1.44 bits per heavy atom. The van der Waals surface area contributed by atoms with Crippen LogP contribution in [0.25, 0.3) is 0 Å². The SMILES string of the molecule is O=C(OC1CCCCC1)c1ccc(N2C(=O)[C@@H]3[C@H]4CC[C@@H](C4)[C@H]3C2=O)cc1. The Balaban J connectivity index is 1.31. The third-order valence-corrected chi connectivity index (χ3v) is 7.11. The fourth-order valence-electron chi connectivity index (χ4n) is 5.81. The van der Waals surface area contributed by atoms with Crippen molar-refractivity contribution in [2.75, 3.05) is 4.90 Å². The molecule has 142 valence electrons. The number of ether oxygens (including phenoxy) is 1. The van der Waals surface area contributed by atoms with Crippen LogP contribution >= 0.6 is 0 Å². The summed E-state index contributed by atoms with van der Waals surface area (Å²) in [5.74, 6) is 0.115. The zero-order valence-corrected chi connectivity index (χ0v) is 15.4. The summed E-state index contributed by atoms with van der Waals surface area (Å²) < 4.78 is 5.60. The molecule has 0 aromatic heterocycles. The van der Waals surface area contributed by atoms with Crippen molar-refractivity contribution in [2.45, 2.75) is 57.5 Å². The van der Waals surface area contributed by atoms with Gasteiger partial charge in [0.25, 0.3) is 0 Å². The van der Waals surface area contributed by atoms with E-state index in [0.29, 0.717) is 23.1 Å². The van der Waals surface area contributed by atoms with Gasteiger partial charge >= 0.3 is 5.97 Å². The Bertz CT molecular complexity index is 752. The Hall–Kier alpha value is -2.17. The fourth-order valence-corrected chi connectivity index (χ4v) is 5.81. The lowest BCUT2D eigenvalue weighted by Gasteiger charge is -2.22. The summed E-state index contributed by atoms with van der Waals surface area (Å²) in [5, 5.41) is 0. The summed E-state index contributed by atoms with van der Waals surface area (Å²) in [4.78, 5) is 39.5. The van der Waals surface area contributed by atoms with Gasteiger partial charge in [-0.15, -0.1) is 0 Å². The Morgan fingerprint density at radius 3 is 2.04 bits per heavy atom. The first-order chi connectivity index (χ1) is 13.1. The highest BCUT2D eigenvalue weighted by Gasteiger charge is 2.61. The summed E-state index contributed by atoms with van der Waals surface area (Å²) in [7, 11) is 0. The van der Waals surface area contributed by atoms with E-state index in [0.717, 1.165) is 44.9 Å². The van der Waals surface area contributed by atoms with Gasteiger partial charge in [-0.25, -0.2) is 4.79 Å². The van der Waals surface area contributed by atoms with E-state index in [1.807, 2.05) is 0 Å². The molecule has 5 heteroatoms. The Kier molecular flexibility index (Phi) is 4.06. The summed E-state index contributed by atoms with van der Waals surface area (Å²) in [6.07, 6.45) is 8.51. The summed E-state index contributed by atoms with van der Waals surface area (Å²) >= 11 is 0. The van der Waals surface area contributed by atoms with Crippen molar-refractivity contribution in [3.05, 3.63) is 29.8 Å². The molecule has 2 bridgehead atoms. The van der Waals surface area contributed by atoms with Gasteiger partial charge in [-0.1, -0.05) is 6.42 Å². The van der Waals surface area contributed by atoms with Crippen LogP contribution in [0.3, 0.4) is 0 Å². The molecule has 4 fully saturated rings. The van der Waals surface area contributed by atoms with Gasteiger partial charge in [0, 0.05) is 0 Å². The molecular formula is C22H25NO4. The average molecular weight is 367 g/mol. The largest absolute Gasteiger partial charge is 0.459 e. The predicted octanol–water partition coefficient (Wildman–Crippen LogP) is 3.71. The minimum absolute atomic E-state index is 0.0162. The van der Waals surface area contributed by atoms with Crippen molar-refractivity contribution in [1.29, 1.82) is 0 Å². The van der Waals surface area contributed by atoms with Gasteiger partial charge in [-0.2, -0.15) is 0 Å². The number of fused-ring (bicyclic) bond motifs is 5. The Morgan fingerprint density at radius 1 is 0.852 bits per heavy atom. The summed E-state index contributed by atoms with van der Waals surface area (Å²) in [6.45, 7) is 0. The zero-order chi connectivity index (χ0) is 18.5. The van der Waals surface area contributed by atoms with Crippen LogP contribution in [0.4, 0.5) is 5.69 Å². The highest BCUT2D eigenvalue weighted by molar-refractivity contribution is 6.22. The standard InChI is InChI=1S/C22H25NO4/c24-20-18-14-6-7-15(12-14)19(18)21(25)23(20)16-10-8-13(9-11-16)22(26)27-17-4-2-1-3-5-17/h8-11,14-15,17-19H,1-7,12H2/t14-,15-,18+,19+/m0/s1. The molecule has 1 aliphatic heterocycles. The van der Waals surface area contributed by atoms with Gasteiger partial charge in [0.05, 0.1) is 23.1 Å². The van der Waals surface area contributed by atoms with Gasteiger partial charge in [0.15, 0.2) is 0 Å². The molecule has 0 radical (unpaired) electrons. The second kappa shape index (κ2) is 6.47. The van der Waals surface area contributed by atoms with Crippen molar-refractivity contribution < 1.29 is 19.1 Å². The number of benzene rings is 1. The lowest BCUT2D eigenvalue weighted by molar-refractivity contribution is -0.123. The van der Waals surface area contributed by atoms with Crippen molar-refractivity contribution >= 4 is 23.5 Å². The van der Waals surface area contributed by atoms with E-state index in [4.69, 9.17) is 4.74 Å². The van der Waals surface area contributed by atoms with E-state index >= 15 is 0 Å². The molecule has 4 atom stereocenters. The first-order valence-corrected chi connectivity index (χ1v) is 10.3. The van der Waals surface area contributed by atoms with Gasteiger partial charge in [-0.3, -0.25) is 14.5 Å². The first kappa shape index (κ1) is 17.0. The molecule has 5 rings (SSSR count). The number of carbonyl (C=O) groups excluding carboxylic acids is 3. The highest BCUT2D eigenvalue weighted by Crippen LogP contribution is 2.56. The summed E-state index contributed by atoms with van der Waals surface area (Å²) in [5.41, 5.74) is 1.05. The second-order valence-corrected chi connectivity index (χ2v) is 8.61. The molecule has 1 aromatic rings. The maximum absolute atomic E-state index is 12.9. The van der Waals surface area contributed by atoms with E-state index in [9.17, 15) is 14.4 Å². The quantitative estimate of drug-likeness (QED) is 0.603. The van der Waals surface area contributed by atoms with Crippen LogP contribution in [0.15, 0.2) is 24.3 Å². The third kappa shape index (κ3) is 2.70. The normalized spacial score (nSPS) is 32.8. The smallest absolute Gasteiger partial charge is 0.338 e. The zero-order valence-electron chi connectivity index (χ0n) is 15.4. The molecule has 1 saturated heterocycles. The number of imide groups is 1. The second-order valence-electron chi connectivity index (χ2n) is 8.61. The summed E-state index contributed by atoms with van der Waals surface area (Å²) in [6, 6.07) is 6.75. The van der Waals surface area contributed by atoms with Crippen LogP contribution in [-0.2, 0) is 14.3 Å². The Labute approximate surface area is 159 Å². The third-order valence-electron chi connectivity index (χ3n) is 7.11. The van der Waals surface area contributed by atoms with Crippen LogP contribution in [0.5, 0.6) is 0 Å². The van der Waals surface area contributed by atoms with Gasteiger partial charge in [0.2, 0.25) is 11.8 Å². The molecule has 0 N–H and O–H groups in total. The van der Waals surface area contributed by atoms with E-state index in [-0.39, 0.29) is 35.7 Å². The first-order valence-electron chi connectivity index (χ1n) is 10.3. The number of carbonyl (C=O) groups is 3. The highest BCUT2D eigenvalue weighted by atomic mass is 16.5. The monoisotopic (exact) mass is 367 g/mol. The fraction of sp³-hybridized carbons (Fsp3) is 0.591. The number of nitrogens with zero attached hydrogens (tertiary/aromatic N) is 1. The molecule has 3 saturated carbocycles. The maximum atomic E-state index is 12.9. The van der Waals surface area contributed by atoms with Crippen LogP contribution in [0.1, 0.15) is 61.7 Å². The van der Waals surface area contributed by atoms with Crippen molar-refractivity contribution in [3.63, 3.8) is 0 Å². The van der Waals surface area contributed by atoms with Gasteiger partial charge in [0.1, 0.15) is 6.10 Å². The number of amides is 2. The number of anilines is 1. The molecular weight excluding hydrogens is 342 g/mol. The molecule has 0 unspecified atom stereocenters. The van der Waals surface area contributed by atoms with Crippen molar-refractivity contribution in [2.24, 2.45) is 23.7 Å². The van der Waals surface area contributed by atoms with Crippen molar-refractivity contribution in [1.82, 2.24) is 0 Å². The molecule has 5 nitrogen and oxygen atoms in total. The molecule has 27 heavy (non-hydrogen) atoms. The van der Waals surface area contributed by atoms with E-state index < -0.39 is 0 Å². The van der Waals surface area contributed by atoms with Crippen LogP contribution < -0.4 is 4.90 Å². The topological polar surface area (TPSA) is 63.7 Å². The molecule has 1 heterocycles. The lowest BCUT2D eigenvalue weighted by atomic mass is 9.81. The number of esters is 1. The predicted molar refractivity (Wildman–Crippen MR) is 99.0 cm³/mol. The van der Waals surface area contributed by atoms with E-state index in [2.05, 4.69) is 0 Å². The van der Waals surface area contributed by atoms with Crippen LogP contribution in [0.2, 0.25) is 0 Å². The molecule has 2 amide bonds. The number of hydrogen-bond donors (Lipinski definition) is 0. The lowest BCUT2D eigenvalue weighted by Crippen LogP contribution is -2.32. The van der Waals surface area contributed by atoms with Crippen molar-refractivity contribution in [3.8, 4) is 0 Å². The van der Waals surface area contributed by atoms with E-state index in [1.165, 1.54) is 11.3 Å².